The van der Waals surface area contributed by atoms with E-state index in [-0.39, 0.29) is 29.9 Å². The third-order valence-corrected chi connectivity index (χ3v) is 9.25. The van der Waals surface area contributed by atoms with Gasteiger partial charge in [0.25, 0.3) is 0 Å². The first-order valence-electron chi connectivity index (χ1n) is 8.09. The molecule has 6 heteroatoms. The van der Waals surface area contributed by atoms with Gasteiger partial charge in [0.1, 0.15) is 5.60 Å². The van der Waals surface area contributed by atoms with Crippen LogP contribution in [0.1, 0.15) is 48.0 Å². The number of amides is 1. The van der Waals surface area contributed by atoms with Crippen molar-refractivity contribution in [2.75, 3.05) is 13.2 Å². The fraction of sp³-hybridized carbons (Fsp3) is 0.938. The van der Waals surface area contributed by atoms with Crippen LogP contribution in [0.4, 0.5) is 4.79 Å². The topological polar surface area (TPSA) is 62.6 Å². The zero-order valence-corrected chi connectivity index (χ0v) is 16.4. The number of rotatable bonds is 3. The molecule has 0 aromatic carbocycles. The average molecular weight is 333 g/mol. The van der Waals surface area contributed by atoms with E-state index >= 15 is 0 Å². The first-order valence-corrected chi connectivity index (χ1v) is 11.0. The van der Waals surface area contributed by atoms with Crippen molar-refractivity contribution in [3.8, 4) is 0 Å². The van der Waals surface area contributed by atoms with E-state index in [9.17, 15) is 9.90 Å². The number of aliphatic hydroxyl groups excluding tert-OH is 1. The minimum absolute atomic E-state index is 0.0389. The molecule has 1 aliphatic heterocycles. The molecule has 1 fully saturated rings. The highest BCUT2D eigenvalue weighted by Crippen LogP contribution is 2.37. The molecule has 1 heterocycles. The van der Waals surface area contributed by atoms with Crippen molar-refractivity contribution in [3.05, 3.63) is 0 Å². The van der Waals surface area contributed by atoms with Crippen LogP contribution in [-0.2, 0) is 4.74 Å². The lowest BCUT2D eigenvalue weighted by Crippen LogP contribution is -2.48. The molecule has 0 saturated carbocycles. The van der Waals surface area contributed by atoms with Crippen LogP contribution in [0, 0.1) is 0 Å². The molecule has 0 aliphatic carbocycles. The zero-order chi connectivity index (χ0) is 17.3. The van der Waals surface area contributed by atoms with E-state index in [1.165, 1.54) is 0 Å². The number of carbonyl (C=O) groups excluding carboxylic acids is 1. The van der Waals surface area contributed by atoms with Gasteiger partial charge in [0, 0.05) is 24.6 Å². The maximum absolute atomic E-state index is 12.3. The summed E-state index contributed by atoms with van der Waals surface area (Å²) in [6.45, 7) is 17.3. The lowest BCUT2D eigenvalue weighted by molar-refractivity contribution is 0.00876. The maximum Gasteiger partial charge on any atom is 0.410 e. The number of hydrogen-bond acceptors (Lipinski definition) is 3. The summed E-state index contributed by atoms with van der Waals surface area (Å²) in [6, 6.07) is -0.187. The smallest absolute Gasteiger partial charge is 0.410 e. The van der Waals surface area contributed by atoms with E-state index in [1.807, 2.05) is 20.8 Å². The predicted molar refractivity (Wildman–Crippen MR) is 91.6 cm³/mol. The van der Waals surface area contributed by atoms with E-state index in [4.69, 9.17) is 9.16 Å². The van der Waals surface area contributed by atoms with Crippen LogP contribution >= 0.6 is 0 Å². The Bertz CT molecular complexity index is 398. The van der Waals surface area contributed by atoms with Crippen molar-refractivity contribution >= 4 is 14.4 Å². The molecule has 2 atom stereocenters. The molecule has 1 rings (SSSR count). The average Bonchev–Trinajstić information content (AvgIpc) is 2.67. The summed E-state index contributed by atoms with van der Waals surface area (Å²) in [4.78, 5) is 13.9. The Morgan fingerprint density at radius 3 is 2.23 bits per heavy atom. The van der Waals surface area contributed by atoms with Gasteiger partial charge < -0.3 is 14.3 Å². The largest absolute Gasteiger partial charge is 0.527 e. The Labute approximate surface area is 136 Å². The van der Waals surface area contributed by atoms with Gasteiger partial charge in [0.05, 0.1) is 19.2 Å². The molecular weight excluding hydrogens is 298 g/mol. The Morgan fingerprint density at radius 1 is 1.27 bits per heavy atom. The van der Waals surface area contributed by atoms with Crippen molar-refractivity contribution < 1.29 is 19.1 Å². The monoisotopic (exact) mass is 332 g/mol. The molecule has 0 unspecified atom stereocenters. The molecule has 22 heavy (non-hydrogen) atoms. The van der Waals surface area contributed by atoms with E-state index in [1.54, 1.807) is 4.90 Å². The molecule has 1 amide bonds. The molecule has 2 N–H and O–H groups in total. The van der Waals surface area contributed by atoms with Crippen LogP contribution in [0.25, 0.3) is 0 Å². The zero-order valence-electron chi connectivity index (χ0n) is 15.4. The molecule has 0 radical (unpaired) electrons. The van der Waals surface area contributed by atoms with Gasteiger partial charge in [-0.05, 0) is 20.8 Å². The van der Waals surface area contributed by atoms with E-state index in [0.29, 0.717) is 6.54 Å². The molecule has 0 aromatic heterocycles. The van der Waals surface area contributed by atoms with Gasteiger partial charge in [-0.3, -0.25) is 4.90 Å². The molecule has 1 saturated heterocycles. The van der Waals surface area contributed by atoms with Gasteiger partial charge in [-0.15, -0.1) is 0 Å². The van der Waals surface area contributed by atoms with Crippen molar-refractivity contribution in [1.82, 2.24) is 4.90 Å². The number of ether oxygens (including phenoxy) is 1. The minimum Gasteiger partial charge on any atom is -0.527 e. The van der Waals surface area contributed by atoms with E-state index in [2.05, 4.69) is 33.9 Å². The van der Waals surface area contributed by atoms with Crippen LogP contribution in [-0.4, -0.2) is 59.7 Å². The summed E-state index contributed by atoms with van der Waals surface area (Å²) < 4.78 is 10.5. The van der Waals surface area contributed by atoms with Gasteiger partial charge in [-0.25, -0.2) is 4.79 Å². The Morgan fingerprint density at radius 2 is 1.82 bits per heavy atom. The number of hydrogen-bond donors (Lipinski definition) is 1. The molecule has 0 aromatic rings. The molecule has 0 bridgehead atoms. The molecule has 0 spiro atoms. The quantitative estimate of drug-likeness (QED) is 0.638. The summed E-state index contributed by atoms with van der Waals surface area (Å²) in [7, 11) is -1.76. The van der Waals surface area contributed by atoms with Crippen LogP contribution < -0.4 is 0 Å². The second kappa shape index (κ2) is 6.49. The highest BCUT2D eigenvalue weighted by atomic mass is 28.4. The summed E-state index contributed by atoms with van der Waals surface area (Å²) in [5.41, 5.74) is -0.522. The summed E-state index contributed by atoms with van der Waals surface area (Å²) in [6.07, 6.45) is 0.479. The van der Waals surface area contributed by atoms with Gasteiger partial charge >= 0.3 is 14.4 Å². The second-order valence-electron chi connectivity index (χ2n) is 8.80. The van der Waals surface area contributed by atoms with Crippen molar-refractivity contribution in [2.45, 2.75) is 83.8 Å². The standard InChI is InChI=1S/C16H33NO4Si/c1-15(2,3)20-14(19)17-10-13(9-12(17)11-18)21-22(7,8)16(4,5)6/h12-13,18H,9-11H2,1-8H3/p+1/t12-,13+/m1/s1. The molecule has 1 aliphatic rings. The fourth-order valence-corrected chi connectivity index (χ4v) is 3.84. The number of nitrogens with zero attached hydrogens (tertiary/aromatic N) is 1. The fourth-order valence-electron chi connectivity index (χ4n) is 2.35. The van der Waals surface area contributed by atoms with Crippen LogP contribution in [0.5, 0.6) is 0 Å². The summed E-state index contributed by atoms with van der Waals surface area (Å²) in [5, 5.41) is 9.76. The van der Waals surface area contributed by atoms with E-state index in [0.717, 1.165) is 6.42 Å². The highest BCUT2D eigenvalue weighted by Gasteiger charge is 2.50. The Hall–Kier alpha value is -0.593. The number of likely N-dealkylation sites (tertiary alicyclic amines) is 1. The van der Waals surface area contributed by atoms with E-state index < -0.39 is 13.9 Å². The summed E-state index contributed by atoms with van der Waals surface area (Å²) in [5.74, 6) is 0. The van der Waals surface area contributed by atoms with Gasteiger partial charge in [0.2, 0.25) is 0 Å². The van der Waals surface area contributed by atoms with Crippen molar-refractivity contribution in [3.63, 3.8) is 0 Å². The van der Waals surface area contributed by atoms with Crippen LogP contribution in [0.15, 0.2) is 0 Å². The third-order valence-electron chi connectivity index (χ3n) is 4.57. The third kappa shape index (κ3) is 4.96. The first kappa shape index (κ1) is 19.5. The second-order valence-corrected chi connectivity index (χ2v) is 13.7. The van der Waals surface area contributed by atoms with Gasteiger partial charge in [0.15, 0.2) is 6.10 Å². The lowest BCUT2D eigenvalue weighted by Gasteiger charge is -2.33. The number of aliphatic hydroxyl groups is 2. The Kier molecular flexibility index (Phi) is 5.74. The number of carbonyl (C=O) groups is 1. The highest BCUT2D eigenvalue weighted by molar-refractivity contribution is 6.73. The first-order chi connectivity index (χ1) is 9.77. The lowest BCUT2D eigenvalue weighted by atomic mass is 10.2. The van der Waals surface area contributed by atoms with Crippen LogP contribution in [0.2, 0.25) is 18.1 Å². The molecule has 130 valence electrons. The molecular formula is C16H34NO4Si+. The predicted octanol–water partition coefficient (Wildman–Crippen LogP) is 2.89. The Balaban J connectivity index is 2.75. The molecule has 5 nitrogen and oxygen atoms in total. The van der Waals surface area contributed by atoms with Gasteiger partial charge in [-0.1, -0.05) is 20.8 Å². The maximum atomic E-state index is 12.3. The van der Waals surface area contributed by atoms with Crippen molar-refractivity contribution in [2.24, 2.45) is 0 Å². The van der Waals surface area contributed by atoms with Crippen molar-refractivity contribution in [1.29, 1.82) is 0 Å². The normalized spacial score (nSPS) is 23.8. The van der Waals surface area contributed by atoms with Gasteiger partial charge in [-0.2, -0.15) is 0 Å². The van der Waals surface area contributed by atoms with Crippen LogP contribution in [0.3, 0.4) is 0 Å². The minimum atomic E-state index is -1.76. The summed E-state index contributed by atoms with van der Waals surface area (Å²) >= 11 is 0. The SMILES string of the molecule is CC(C)(C)OC(=O)N1C[C@@H]([OH+][Si](C)(C)C(C)(C)C)C[C@@H]1CO.